The minimum absolute atomic E-state index is 0.942. The van der Waals surface area contributed by atoms with E-state index in [-0.39, 0.29) is 0 Å². The van der Waals surface area contributed by atoms with Gasteiger partial charge in [0.2, 0.25) is 0 Å². The number of aromatic nitrogens is 1. The molecule has 1 heterocycles. The molecular weight excluding hydrogens is 358 g/mol. The molecule has 0 aliphatic rings. The summed E-state index contributed by atoms with van der Waals surface area (Å²) in [6.07, 6.45) is 4.01. The predicted octanol–water partition coefficient (Wildman–Crippen LogP) is 5.38. The average molecular weight is 384 g/mol. The first kappa shape index (κ1) is 18.9. The highest BCUT2D eigenvalue weighted by Gasteiger charge is 2.09. The molecule has 2 aromatic carbocycles. The quantitative estimate of drug-likeness (QED) is 0.531. The van der Waals surface area contributed by atoms with Gasteiger partial charge in [-0.3, -0.25) is 4.98 Å². The van der Waals surface area contributed by atoms with E-state index in [0.717, 1.165) is 11.3 Å². The number of pyridine rings is 1. The van der Waals surface area contributed by atoms with Gasteiger partial charge < -0.3 is 9.80 Å². The molecule has 0 aliphatic carbocycles. The molecule has 0 aliphatic heterocycles. The lowest BCUT2D eigenvalue weighted by Crippen LogP contribution is -2.16. The van der Waals surface area contributed by atoms with Crippen LogP contribution in [0.5, 0.6) is 0 Å². The van der Waals surface area contributed by atoms with E-state index < -0.39 is 0 Å². The Morgan fingerprint density at radius 2 is 1.65 bits per heavy atom. The Labute approximate surface area is 164 Å². The van der Waals surface area contributed by atoms with Gasteiger partial charge in [-0.2, -0.15) is 0 Å². The topological polar surface area (TPSA) is 19.4 Å². The van der Waals surface area contributed by atoms with Crippen LogP contribution < -0.4 is 9.80 Å². The Bertz CT molecular complexity index is 907. The Balaban J connectivity index is 1.85. The molecule has 0 N–H and O–H groups in total. The maximum atomic E-state index is 4.53. The molecule has 3 rings (SSSR count). The second-order valence-corrected chi connectivity index (χ2v) is 8.49. The number of fused-ring (bicyclic) bond motifs is 1. The van der Waals surface area contributed by atoms with E-state index in [2.05, 4.69) is 91.7 Å². The first-order chi connectivity index (χ1) is 12.5. The van der Waals surface area contributed by atoms with Crippen molar-refractivity contribution in [1.82, 2.24) is 4.98 Å². The monoisotopic (exact) mass is 383 g/mol. The Kier molecular flexibility index (Phi) is 5.99. The smallest absolute Gasteiger partial charge is 0.0724 e. The van der Waals surface area contributed by atoms with Crippen LogP contribution in [-0.2, 0) is 5.75 Å². The van der Waals surface area contributed by atoms with Crippen molar-refractivity contribution in [3.05, 3.63) is 54.2 Å². The van der Waals surface area contributed by atoms with Crippen molar-refractivity contribution in [2.45, 2.75) is 15.5 Å². The molecule has 0 unspecified atom stereocenters. The molecule has 1 aromatic heterocycles. The van der Waals surface area contributed by atoms with Crippen LogP contribution in [0.3, 0.4) is 0 Å². The summed E-state index contributed by atoms with van der Waals surface area (Å²) in [7, 11) is 8.36. The maximum absolute atomic E-state index is 4.53. The van der Waals surface area contributed by atoms with Crippen molar-refractivity contribution in [1.29, 1.82) is 0 Å². The summed E-state index contributed by atoms with van der Waals surface area (Å²) in [4.78, 5) is 11.4. The highest BCUT2D eigenvalue weighted by atomic mass is 32.2. The first-order valence-corrected chi connectivity index (χ1v) is 10.7. The normalized spacial score (nSPS) is 11.0. The zero-order valence-electron chi connectivity index (χ0n) is 16.0. The highest BCUT2D eigenvalue weighted by molar-refractivity contribution is 7.99. The molecule has 0 fully saturated rings. The number of hydrogen-bond acceptors (Lipinski definition) is 5. The summed E-state index contributed by atoms with van der Waals surface area (Å²) in [5, 5.41) is 1.23. The zero-order valence-corrected chi connectivity index (χ0v) is 17.6. The number of nitrogens with zero attached hydrogens (tertiary/aromatic N) is 3. The van der Waals surface area contributed by atoms with Gasteiger partial charge in [0, 0.05) is 55.3 Å². The van der Waals surface area contributed by atoms with Crippen LogP contribution >= 0.6 is 23.5 Å². The lowest BCUT2D eigenvalue weighted by molar-refractivity contribution is 1.07. The van der Waals surface area contributed by atoms with Crippen LogP contribution in [0.15, 0.2) is 58.5 Å². The Morgan fingerprint density at radius 3 is 2.35 bits per heavy atom. The van der Waals surface area contributed by atoms with Gasteiger partial charge in [0.05, 0.1) is 16.9 Å². The van der Waals surface area contributed by atoms with Gasteiger partial charge in [0.1, 0.15) is 0 Å². The van der Waals surface area contributed by atoms with Crippen molar-refractivity contribution < 1.29 is 0 Å². The number of benzene rings is 2. The van der Waals surface area contributed by atoms with Crippen molar-refractivity contribution in [3.63, 3.8) is 0 Å². The lowest BCUT2D eigenvalue weighted by atomic mass is 10.1. The second-order valence-electron chi connectivity index (χ2n) is 6.59. The largest absolute Gasteiger partial charge is 0.376 e. The molecule has 3 nitrogen and oxygen atoms in total. The third kappa shape index (κ3) is 4.10. The van der Waals surface area contributed by atoms with Crippen molar-refractivity contribution in [3.8, 4) is 0 Å². The van der Waals surface area contributed by atoms with E-state index in [1.165, 1.54) is 32.1 Å². The highest BCUT2D eigenvalue weighted by Crippen LogP contribution is 2.34. The molecule has 26 heavy (non-hydrogen) atoms. The second kappa shape index (κ2) is 8.23. The number of anilines is 2. The fourth-order valence-corrected chi connectivity index (χ4v) is 4.33. The minimum atomic E-state index is 0.942. The minimum Gasteiger partial charge on any atom is -0.376 e. The van der Waals surface area contributed by atoms with E-state index >= 15 is 0 Å². The predicted molar refractivity (Wildman–Crippen MR) is 118 cm³/mol. The maximum Gasteiger partial charge on any atom is 0.0724 e. The molecule has 0 atom stereocenters. The summed E-state index contributed by atoms with van der Waals surface area (Å²) >= 11 is 3.62. The summed E-state index contributed by atoms with van der Waals surface area (Å²) in [5.74, 6) is 0.942. The fourth-order valence-electron chi connectivity index (χ4n) is 2.91. The van der Waals surface area contributed by atoms with Crippen LogP contribution in [0.2, 0.25) is 0 Å². The first-order valence-electron chi connectivity index (χ1n) is 8.52. The van der Waals surface area contributed by atoms with Crippen molar-refractivity contribution in [2.24, 2.45) is 0 Å². The fraction of sp³-hybridized carbons (Fsp3) is 0.286. The summed E-state index contributed by atoms with van der Waals surface area (Å²) in [6, 6.07) is 15.4. The Morgan fingerprint density at radius 1 is 0.885 bits per heavy atom. The van der Waals surface area contributed by atoms with Crippen LogP contribution in [-0.4, -0.2) is 39.4 Å². The van der Waals surface area contributed by atoms with Crippen LogP contribution in [0.4, 0.5) is 11.4 Å². The van der Waals surface area contributed by atoms with Crippen LogP contribution in [0.1, 0.15) is 5.56 Å². The molecule has 3 aromatic rings. The van der Waals surface area contributed by atoms with E-state index in [1.54, 1.807) is 11.8 Å². The standard InChI is InChI=1S/C21H25N3S2/c1-23(2)19-9-6-15(12-20(19)24(3)4)14-26-21-10-11-22-18-13-16(25-5)7-8-17(18)21/h6-13H,14H2,1-5H3. The Hall–Kier alpha value is -1.85. The average Bonchev–Trinajstić information content (AvgIpc) is 2.65. The summed E-state index contributed by atoms with van der Waals surface area (Å²) in [5.41, 5.74) is 4.88. The molecule has 0 saturated carbocycles. The number of thioether (sulfide) groups is 2. The molecule has 136 valence electrons. The van der Waals surface area contributed by atoms with Gasteiger partial charge >= 0.3 is 0 Å². The molecular formula is C21H25N3S2. The molecule has 0 spiro atoms. The van der Waals surface area contributed by atoms with Gasteiger partial charge in [-0.15, -0.1) is 23.5 Å². The van der Waals surface area contributed by atoms with E-state index in [4.69, 9.17) is 0 Å². The molecule has 0 bridgehead atoms. The van der Waals surface area contributed by atoms with E-state index in [1.807, 2.05) is 18.0 Å². The number of rotatable bonds is 6. The summed E-state index contributed by atoms with van der Waals surface area (Å²) in [6.45, 7) is 0. The lowest BCUT2D eigenvalue weighted by Gasteiger charge is -2.23. The van der Waals surface area contributed by atoms with E-state index in [9.17, 15) is 0 Å². The molecule has 0 amide bonds. The molecule has 0 saturated heterocycles. The SMILES string of the molecule is CSc1ccc2c(SCc3ccc(N(C)C)c(N(C)C)c3)ccnc2c1. The van der Waals surface area contributed by atoms with Crippen molar-refractivity contribution in [2.75, 3.05) is 44.2 Å². The molecule has 5 heteroatoms. The van der Waals surface area contributed by atoms with Gasteiger partial charge in [-0.1, -0.05) is 12.1 Å². The van der Waals surface area contributed by atoms with Crippen molar-refractivity contribution >= 4 is 45.8 Å². The molecule has 0 radical (unpaired) electrons. The third-order valence-electron chi connectivity index (χ3n) is 4.31. The van der Waals surface area contributed by atoms with Crippen LogP contribution in [0.25, 0.3) is 10.9 Å². The van der Waals surface area contributed by atoms with Crippen LogP contribution in [0, 0.1) is 0 Å². The van der Waals surface area contributed by atoms with E-state index in [0.29, 0.717) is 0 Å². The van der Waals surface area contributed by atoms with Gasteiger partial charge in [-0.25, -0.2) is 0 Å². The zero-order chi connectivity index (χ0) is 18.7. The van der Waals surface area contributed by atoms with Gasteiger partial charge in [0.25, 0.3) is 0 Å². The van der Waals surface area contributed by atoms with Gasteiger partial charge in [-0.05, 0) is 42.2 Å². The third-order valence-corrected chi connectivity index (χ3v) is 6.18. The summed E-state index contributed by atoms with van der Waals surface area (Å²) < 4.78 is 0. The van der Waals surface area contributed by atoms with Gasteiger partial charge in [0.15, 0.2) is 0 Å². The number of hydrogen-bond donors (Lipinski definition) is 0.